The molecule has 0 saturated heterocycles. The smallest absolute Gasteiger partial charge is 0.0499 e. The van der Waals surface area contributed by atoms with Crippen LogP contribution in [-0.2, 0) is 6.42 Å². The first-order chi connectivity index (χ1) is 8.85. The second kappa shape index (κ2) is 4.58. The maximum absolute atomic E-state index is 9.53. The van der Waals surface area contributed by atoms with E-state index in [2.05, 4.69) is 49.4 Å². The zero-order valence-electron chi connectivity index (χ0n) is 10.7. The zero-order chi connectivity index (χ0) is 12.5. The average Bonchev–Trinajstić information content (AvgIpc) is 2.80. The molecule has 1 heteroatoms. The van der Waals surface area contributed by atoms with Gasteiger partial charge in [-0.1, -0.05) is 49.4 Å². The molecule has 2 aromatic rings. The summed E-state index contributed by atoms with van der Waals surface area (Å²) in [5, 5.41) is 9.53. The Hall–Kier alpha value is -1.60. The van der Waals surface area contributed by atoms with Gasteiger partial charge in [0.15, 0.2) is 0 Å². The molecule has 0 bridgehead atoms. The number of hydrogen-bond donors (Lipinski definition) is 1. The van der Waals surface area contributed by atoms with Crippen molar-refractivity contribution in [2.45, 2.75) is 25.7 Å². The van der Waals surface area contributed by atoms with Crippen molar-refractivity contribution in [3.8, 4) is 11.1 Å². The highest BCUT2D eigenvalue weighted by molar-refractivity contribution is 5.78. The molecule has 0 aliphatic heterocycles. The quantitative estimate of drug-likeness (QED) is 0.737. The van der Waals surface area contributed by atoms with Crippen LogP contribution in [0, 0.1) is 0 Å². The normalized spacial score (nSPS) is 14.1. The van der Waals surface area contributed by atoms with E-state index in [0.717, 1.165) is 12.8 Å². The van der Waals surface area contributed by atoms with Gasteiger partial charge in [-0.25, -0.2) is 0 Å². The first-order valence-corrected chi connectivity index (χ1v) is 6.66. The molecule has 0 aromatic heterocycles. The number of rotatable bonds is 3. The van der Waals surface area contributed by atoms with Gasteiger partial charge < -0.3 is 5.11 Å². The van der Waals surface area contributed by atoms with Crippen LogP contribution in [0.3, 0.4) is 0 Å². The standard InChI is InChI=1S/C17H18O/c1-2-12(11-18)14-8-5-9-16-15-7-4-3-6-13(15)10-17(14)16/h3-9,12,18H,2,10-11H2,1H3. The van der Waals surface area contributed by atoms with Gasteiger partial charge in [0.1, 0.15) is 0 Å². The summed E-state index contributed by atoms with van der Waals surface area (Å²) in [4.78, 5) is 0. The number of aliphatic hydroxyl groups is 1. The Morgan fingerprint density at radius 2 is 1.83 bits per heavy atom. The lowest BCUT2D eigenvalue weighted by atomic mass is 9.90. The average molecular weight is 238 g/mol. The van der Waals surface area contributed by atoms with E-state index in [1.807, 2.05) is 0 Å². The third kappa shape index (κ3) is 1.67. The number of hydrogen-bond acceptors (Lipinski definition) is 1. The van der Waals surface area contributed by atoms with Crippen LogP contribution in [0.1, 0.15) is 36.0 Å². The van der Waals surface area contributed by atoms with Crippen molar-refractivity contribution in [2.75, 3.05) is 6.61 Å². The van der Waals surface area contributed by atoms with Crippen LogP contribution < -0.4 is 0 Å². The van der Waals surface area contributed by atoms with Crippen molar-refractivity contribution in [3.63, 3.8) is 0 Å². The Bertz CT molecular complexity index is 568. The first kappa shape index (κ1) is 11.5. The molecule has 1 nitrogen and oxygen atoms in total. The Morgan fingerprint density at radius 1 is 1.06 bits per heavy atom. The summed E-state index contributed by atoms with van der Waals surface area (Å²) in [7, 11) is 0. The molecule has 18 heavy (non-hydrogen) atoms. The molecule has 0 saturated carbocycles. The minimum Gasteiger partial charge on any atom is -0.396 e. The zero-order valence-corrected chi connectivity index (χ0v) is 10.7. The van der Waals surface area contributed by atoms with Crippen LogP contribution in [0.5, 0.6) is 0 Å². The van der Waals surface area contributed by atoms with Gasteiger partial charge in [-0.05, 0) is 40.7 Å². The fraction of sp³-hybridized carbons (Fsp3) is 0.294. The van der Waals surface area contributed by atoms with Gasteiger partial charge in [0.2, 0.25) is 0 Å². The third-order valence-electron chi connectivity index (χ3n) is 4.04. The highest BCUT2D eigenvalue weighted by atomic mass is 16.3. The molecule has 1 atom stereocenters. The van der Waals surface area contributed by atoms with Crippen molar-refractivity contribution in [2.24, 2.45) is 0 Å². The van der Waals surface area contributed by atoms with E-state index in [4.69, 9.17) is 0 Å². The Balaban J connectivity index is 2.14. The van der Waals surface area contributed by atoms with Crippen LogP contribution in [0.15, 0.2) is 42.5 Å². The molecule has 0 amide bonds. The van der Waals surface area contributed by atoms with Crippen LogP contribution in [0.25, 0.3) is 11.1 Å². The van der Waals surface area contributed by atoms with Crippen LogP contribution in [0.2, 0.25) is 0 Å². The fourth-order valence-corrected chi connectivity index (χ4v) is 3.01. The predicted octanol–water partition coefficient (Wildman–Crippen LogP) is 3.74. The summed E-state index contributed by atoms with van der Waals surface area (Å²) in [6, 6.07) is 15.1. The molecular weight excluding hydrogens is 220 g/mol. The molecule has 0 spiro atoms. The predicted molar refractivity (Wildman–Crippen MR) is 74.8 cm³/mol. The Morgan fingerprint density at radius 3 is 2.61 bits per heavy atom. The van der Waals surface area contributed by atoms with Crippen molar-refractivity contribution < 1.29 is 5.11 Å². The summed E-state index contributed by atoms with van der Waals surface area (Å²) >= 11 is 0. The second-order valence-electron chi connectivity index (χ2n) is 5.00. The van der Waals surface area contributed by atoms with Gasteiger partial charge in [-0.3, -0.25) is 0 Å². The number of benzene rings is 2. The molecular formula is C17H18O. The van der Waals surface area contributed by atoms with E-state index in [9.17, 15) is 5.11 Å². The van der Waals surface area contributed by atoms with Gasteiger partial charge in [0.25, 0.3) is 0 Å². The van der Waals surface area contributed by atoms with Gasteiger partial charge in [0.05, 0.1) is 0 Å². The lowest BCUT2D eigenvalue weighted by Crippen LogP contribution is -2.05. The summed E-state index contributed by atoms with van der Waals surface area (Å²) in [5.74, 6) is 0.272. The summed E-state index contributed by atoms with van der Waals surface area (Å²) in [6.07, 6.45) is 2.00. The van der Waals surface area contributed by atoms with E-state index < -0.39 is 0 Å². The van der Waals surface area contributed by atoms with Crippen molar-refractivity contribution >= 4 is 0 Å². The van der Waals surface area contributed by atoms with Crippen molar-refractivity contribution in [3.05, 3.63) is 59.2 Å². The molecule has 92 valence electrons. The summed E-state index contributed by atoms with van der Waals surface area (Å²) in [5.41, 5.74) is 6.87. The summed E-state index contributed by atoms with van der Waals surface area (Å²) in [6.45, 7) is 2.38. The van der Waals surface area contributed by atoms with Gasteiger partial charge in [-0.2, -0.15) is 0 Å². The van der Waals surface area contributed by atoms with E-state index in [1.165, 1.54) is 27.8 Å². The minimum atomic E-state index is 0.239. The third-order valence-corrected chi connectivity index (χ3v) is 4.04. The molecule has 3 rings (SSSR count). The van der Waals surface area contributed by atoms with Crippen LogP contribution >= 0.6 is 0 Å². The molecule has 2 aromatic carbocycles. The number of aliphatic hydroxyl groups excluding tert-OH is 1. The van der Waals surface area contributed by atoms with Crippen molar-refractivity contribution in [1.82, 2.24) is 0 Å². The van der Waals surface area contributed by atoms with Gasteiger partial charge in [-0.15, -0.1) is 0 Å². The largest absolute Gasteiger partial charge is 0.396 e. The molecule has 1 N–H and O–H groups in total. The highest BCUT2D eigenvalue weighted by Crippen LogP contribution is 2.40. The monoisotopic (exact) mass is 238 g/mol. The molecule has 0 radical (unpaired) electrons. The SMILES string of the molecule is CCC(CO)c1cccc2c1Cc1ccccc1-2. The van der Waals surface area contributed by atoms with Gasteiger partial charge >= 0.3 is 0 Å². The van der Waals surface area contributed by atoms with E-state index in [0.29, 0.717) is 0 Å². The van der Waals surface area contributed by atoms with Crippen LogP contribution in [0.4, 0.5) is 0 Å². The van der Waals surface area contributed by atoms with E-state index in [-0.39, 0.29) is 12.5 Å². The minimum absolute atomic E-state index is 0.239. The number of fused-ring (bicyclic) bond motifs is 3. The summed E-state index contributed by atoms with van der Waals surface area (Å²) < 4.78 is 0. The lowest BCUT2D eigenvalue weighted by Gasteiger charge is -2.16. The Kier molecular flexibility index (Phi) is 2.92. The van der Waals surface area contributed by atoms with Crippen molar-refractivity contribution in [1.29, 1.82) is 0 Å². The van der Waals surface area contributed by atoms with E-state index >= 15 is 0 Å². The fourth-order valence-electron chi connectivity index (χ4n) is 3.01. The molecule has 1 aliphatic carbocycles. The van der Waals surface area contributed by atoms with E-state index in [1.54, 1.807) is 0 Å². The topological polar surface area (TPSA) is 20.2 Å². The lowest BCUT2D eigenvalue weighted by molar-refractivity contribution is 0.262. The maximum atomic E-state index is 9.53. The molecule has 1 unspecified atom stereocenters. The highest BCUT2D eigenvalue weighted by Gasteiger charge is 2.22. The van der Waals surface area contributed by atoms with Crippen LogP contribution in [-0.4, -0.2) is 11.7 Å². The van der Waals surface area contributed by atoms with Gasteiger partial charge in [0, 0.05) is 12.5 Å². The first-order valence-electron chi connectivity index (χ1n) is 6.66. The Labute approximate surface area is 108 Å². The molecule has 0 heterocycles. The molecule has 1 aliphatic rings. The maximum Gasteiger partial charge on any atom is 0.0499 e. The molecule has 0 fully saturated rings. The second-order valence-corrected chi connectivity index (χ2v) is 5.00.